The lowest BCUT2D eigenvalue weighted by atomic mass is 10.2. The molecule has 0 unspecified atom stereocenters. The number of carbonyl (C=O) groups excluding carboxylic acids is 2. The van der Waals surface area contributed by atoms with Gasteiger partial charge in [-0.1, -0.05) is 30.3 Å². The van der Waals surface area contributed by atoms with Gasteiger partial charge in [-0.2, -0.15) is 4.68 Å². The second kappa shape index (κ2) is 8.30. The zero-order valence-corrected chi connectivity index (χ0v) is 15.6. The fourth-order valence-corrected chi connectivity index (χ4v) is 2.51. The molecule has 0 saturated heterocycles. The van der Waals surface area contributed by atoms with Crippen LogP contribution in [-0.2, 0) is 20.9 Å². The van der Waals surface area contributed by atoms with Crippen LogP contribution in [0.25, 0.3) is 11.8 Å². The first-order chi connectivity index (χ1) is 13.5. The zero-order chi connectivity index (χ0) is 20.1. The molecule has 2 aromatic heterocycles. The summed E-state index contributed by atoms with van der Waals surface area (Å²) in [7, 11) is 1.28. The smallest absolute Gasteiger partial charge is 0.357 e. The second-order valence-electron chi connectivity index (χ2n) is 5.83. The number of aromatic nitrogens is 4. The monoisotopic (exact) mass is 382 g/mol. The third kappa shape index (κ3) is 4.14. The van der Waals surface area contributed by atoms with Gasteiger partial charge in [0.15, 0.2) is 11.5 Å². The lowest BCUT2D eigenvalue weighted by molar-refractivity contribution is -0.138. The van der Waals surface area contributed by atoms with Crippen molar-refractivity contribution in [3.8, 4) is 0 Å². The van der Waals surface area contributed by atoms with Gasteiger partial charge in [-0.15, -0.1) is 5.10 Å². The average molecular weight is 382 g/mol. The van der Waals surface area contributed by atoms with Crippen LogP contribution in [0, 0.1) is 13.8 Å². The number of benzene rings is 1. The van der Waals surface area contributed by atoms with Crippen molar-refractivity contribution in [1.82, 2.24) is 20.2 Å². The first-order valence-corrected chi connectivity index (χ1v) is 8.36. The Morgan fingerprint density at radius 1 is 1.21 bits per heavy atom. The van der Waals surface area contributed by atoms with E-state index in [4.69, 9.17) is 9.15 Å². The average Bonchev–Trinajstić information content (AvgIpc) is 3.29. The lowest BCUT2D eigenvalue weighted by Crippen LogP contribution is -2.15. The van der Waals surface area contributed by atoms with Gasteiger partial charge < -0.3 is 13.9 Å². The molecule has 3 rings (SSSR count). The number of methoxy groups -OCH3 is 1. The normalized spacial score (nSPS) is 11.3. The van der Waals surface area contributed by atoms with E-state index in [-0.39, 0.29) is 17.9 Å². The lowest BCUT2D eigenvalue weighted by Gasteiger charge is -2.08. The number of ether oxygens (including phenoxy) is 2. The number of nitrogens with zero attached hydrogens (tertiary/aromatic N) is 4. The van der Waals surface area contributed by atoms with E-state index in [1.165, 1.54) is 17.9 Å². The second-order valence-corrected chi connectivity index (χ2v) is 5.83. The van der Waals surface area contributed by atoms with Crippen LogP contribution in [0.1, 0.15) is 33.3 Å². The fraction of sp³-hybridized carbons (Fsp3) is 0.211. The SMILES string of the molecule is COC(=O)c1cc(COC(=O)/C(=C/c2ccccc2)n2nnnc2C)oc1C. The molecular weight excluding hydrogens is 364 g/mol. The van der Waals surface area contributed by atoms with Crippen molar-refractivity contribution in [2.24, 2.45) is 0 Å². The summed E-state index contributed by atoms with van der Waals surface area (Å²) in [5.41, 5.74) is 1.21. The maximum absolute atomic E-state index is 12.7. The highest BCUT2D eigenvalue weighted by Gasteiger charge is 2.20. The van der Waals surface area contributed by atoms with E-state index in [0.717, 1.165) is 5.56 Å². The van der Waals surface area contributed by atoms with Crippen LogP contribution in [0.3, 0.4) is 0 Å². The third-order valence-electron chi connectivity index (χ3n) is 3.89. The highest BCUT2D eigenvalue weighted by atomic mass is 16.5. The predicted molar refractivity (Wildman–Crippen MR) is 97.7 cm³/mol. The Kier molecular flexibility index (Phi) is 5.64. The van der Waals surface area contributed by atoms with Gasteiger partial charge in [0.2, 0.25) is 0 Å². The van der Waals surface area contributed by atoms with Gasteiger partial charge in [0.05, 0.1) is 7.11 Å². The van der Waals surface area contributed by atoms with Crippen molar-refractivity contribution < 1.29 is 23.5 Å². The topological polar surface area (TPSA) is 109 Å². The highest BCUT2D eigenvalue weighted by Crippen LogP contribution is 2.18. The molecule has 1 aromatic carbocycles. The Balaban J connectivity index is 1.82. The summed E-state index contributed by atoms with van der Waals surface area (Å²) in [5.74, 6) is -0.0327. The maximum atomic E-state index is 12.7. The number of furan rings is 1. The van der Waals surface area contributed by atoms with Crippen LogP contribution >= 0.6 is 0 Å². The molecule has 9 heteroatoms. The van der Waals surface area contributed by atoms with E-state index in [1.54, 1.807) is 19.9 Å². The molecule has 0 aliphatic heterocycles. The van der Waals surface area contributed by atoms with Crippen molar-refractivity contribution >= 4 is 23.7 Å². The van der Waals surface area contributed by atoms with E-state index < -0.39 is 11.9 Å². The molecule has 3 aromatic rings. The number of hydrogen-bond acceptors (Lipinski definition) is 8. The first-order valence-electron chi connectivity index (χ1n) is 8.36. The van der Waals surface area contributed by atoms with Gasteiger partial charge >= 0.3 is 11.9 Å². The number of hydrogen-bond donors (Lipinski definition) is 0. The Morgan fingerprint density at radius 2 is 1.96 bits per heavy atom. The summed E-state index contributed by atoms with van der Waals surface area (Å²) in [5, 5.41) is 11.2. The maximum Gasteiger partial charge on any atom is 0.357 e. The molecule has 28 heavy (non-hydrogen) atoms. The van der Waals surface area contributed by atoms with E-state index in [1.807, 2.05) is 30.3 Å². The van der Waals surface area contributed by atoms with Gasteiger partial charge in [0.25, 0.3) is 0 Å². The van der Waals surface area contributed by atoms with Crippen LogP contribution in [0.4, 0.5) is 0 Å². The molecule has 0 aliphatic carbocycles. The Bertz CT molecular complexity index is 1020. The van der Waals surface area contributed by atoms with Crippen molar-refractivity contribution in [3.05, 3.63) is 64.9 Å². The molecule has 0 aliphatic rings. The molecule has 0 N–H and O–H groups in total. The Labute approximate surface area is 160 Å². The van der Waals surface area contributed by atoms with E-state index in [2.05, 4.69) is 20.3 Å². The molecule has 0 bridgehead atoms. The number of tetrazole rings is 1. The minimum Gasteiger partial charge on any atom is -0.465 e. The van der Waals surface area contributed by atoms with E-state index in [9.17, 15) is 9.59 Å². The standard InChI is InChI=1S/C19H18N4O5/c1-12-16(18(24)26-3)10-15(28-12)11-27-19(25)17(23-13(2)20-21-22-23)9-14-7-5-4-6-8-14/h4-10H,11H2,1-3H3/b17-9-. The Morgan fingerprint density at radius 3 is 2.61 bits per heavy atom. The first kappa shape index (κ1) is 19.0. The number of rotatable bonds is 6. The van der Waals surface area contributed by atoms with Gasteiger partial charge in [-0.05, 0) is 42.0 Å². The summed E-state index contributed by atoms with van der Waals surface area (Å²) in [6, 6.07) is 10.7. The molecule has 2 heterocycles. The fourth-order valence-electron chi connectivity index (χ4n) is 2.51. The largest absolute Gasteiger partial charge is 0.465 e. The van der Waals surface area contributed by atoms with Crippen molar-refractivity contribution in [2.75, 3.05) is 7.11 Å². The minimum atomic E-state index is -0.645. The van der Waals surface area contributed by atoms with Gasteiger partial charge in [-0.25, -0.2) is 9.59 Å². The van der Waals surface area contributed by atoms with Crippen LogP contribution in [0.5, 0.6) is 0 Å². The summed E-state index contributed by atoms with van der Waals surface area (Å²) in [6.07, 6.45) is 1.62. The molecule has 0 saturated carbocycles. The summed E-state index contributed by atoms with van der Waals surface area (Å²) < 4.78 is 16.8. The van der Waals surface area contributed by atoms with E-state index in [0.29, 0.717) is 17.3 Å². The number of esters is 2. The van der Waals surface area contributed by atoms with Crippen LogP contribution < -0.4 is 0 Å². The molecule has 0 amide bonds. The predicted octanol–water partition coefficient (Wildman–Crippen LogP) is 2.41. The van der Waals surface area contributed by atoms with Crippen molar-refractivity contribution in [2.45, 2.75) is 20.5 Å². The summed E-state index contributed by atoms with van der Waals surface area (Å²) >= 11 is 0. The number of carbonyl (C=O) groups is 2. The molecule has 0 fully saturated rings. The van der Waals surface area contributed by atoms with Crippen LogP contribution in [0.15, 0.2) is 40.8 Å². The van der Waals surface area contributed by atoms with Gasteiger partial charge in [-0.3, -0.25) is 0 Å². The molecule has 0 spiro atoms. The Hall–Kier alpha value is -3.75. The quantitative estimate of drug-likeness (QED) is 0.472. The van der Waals surface area contributed by atoms with Crippen molar-refractivity contribution in [1.29, 1.82) is 0 Å². The van der Waals surface area contributed by atoms with E-state index >= 15 is 0 Å². The third-order valence-corrected chi connectivity index (χ3v) is 3.89. The minimum absolute atomic E-state index is 0.144. The molecule has 0 radical (unpaired) electrons. The summed E-state index contributed by atoms with van der Waals surface area (Å²) in [4.78, 5) is 24.4. The summed E-state index contributed by atoms with van der Waals surface area (Å²) in [6.45, 7) is 3.14. The van der Waals surface area contributed by atoms with Gasteiger partial charge in [0, 0.05) is 0 Å². The number of aryl methyl sites for hydroxylation is 2. The molecular formula is C19H18N4O5. The van der Waals surface area contributed by atoms with Crippen LogP contribution in [0.2, 0.25) is 0 Å². The molecule has 0 atom stereocenters. The van der Waals surface area contributed by atoms with Gasteiger partial charge in [0.1, 0.15) is 23.7 Å². The van der Waals surface area contributed by atoms with Crippen molar-refractivity contribution in [3.63, 3.8) is 0 Å². The molecule has 144 valence electrons. The van der Waals surface area contributed by atoms with Crippen LogP contribution in [-0.4, -0.2) is 39.3 Å². The molecule has 9 nitrogen and oxygen atoms in total. The highest BCUT2D eigenvalue weighted by molar-refractivity contribution is 6.15. The zero-order valence-electron chi connectivity index (χ0n) is 15.6.